The first-order chi connectivity index (χ1) is 14.5. The SMILES string of the molecule is Cc1ccc(N(C(=O)OCC2CCCC(COCC(=O)O)C2)c2ccccc2)cc1. The largest absolute Gasteiger partial charge is 0.480 e. The van der Waals surface area contributed by atoms with Crippen molar-refractivity contribution < 1.29 is 24.2 Å². The van der Waals surface area contributed by atoms with Gasteiger partial charge < -0.3 is 14.6 Å². The Morgan fingerprint density at radius 2 is 1.60 bits per heavy atom. The van der Waals surface area contributed by atoms with Gasteiger partial charge in [0.15, 0.2) is 0 Å². The Bertz CT molecular complexity index is 821. The quantitative estimate of drug-likeness (QED) is 0.648. The van der Waals surface area contributed by atoms with E-state index in [0.717, 1.165) is 42.6 Å². The molecule has 0 spiro atoms. The van der Waals surface area contributed by atoms with Crippen molar-refractivity contribution in [3.63, 3.8) is 0 Å². The van der Waals surface area contributed by atoms with Crippen LogP contribution in [0.25, 0.3) is 0 Å². The van der Waals surface area contributed by atoms with E-state index in [0.29, 0.717) is 19.1 Å². The molecule has 1 N–H and O–H groups in total. The summed E-state index contributed by atoms with van der Waals surface area (Å²) in [7, 11) is 0. The van der Waals surface area contributed by atoms with E-state index < -0.39 is 12.1 Å². The molecule has 1 fully saturated rings. The molecule has 0 saturated heterocycles. The second kappa shape index (κ2) is 10.8. The van der Waals surface area contributed by atoms with E-state index in [1.165, 1.54) is 0 Å². The fraction of sp³-hybridized carbons (Fsp3) is 0.417. The highest BCUT2D eigenvalue weighted by Gasteiger charge is 2.25. The Kier molecular flexibility index (Phi) is 7.85. The minimum Gasteiger partial charge on any atom is -0.480 e. The molecule has 0 heterocycles. The van der Waals surface area contributed by atoms with Crippen LogP contribution >= 0.6 is 0 Å². The van der Waals surface area contributed by atoms with E-state index in [9.17, 15) is 9.59 Å². The lowest BCUT2D eigenvalue weighted by Crippen LogP contribution is -2.30. The zero-order chi connectivity index (χ0) is 21.3. The molecular formula is C24H29NO5. The van der Waals surface area contributed by atoms with Crippen molar-refractivity contribution in [1.29, 1.82) is 0 Å². The van der Waals surface area contributed by atoms with E-state index in [4.69, 9.17) is 14.6 Å². The Morgan fingerprint density at radius 1 is 0.967 bits per heavy atom. The van der Waals surface area contributed by atoms with Crippen LogP contribution in [0.2, 0.25) is 0 Å². The molecule has 0 bridgehead atoms. The maximum absolute atomic E-state index is 13.0. The van der Waals surface area contributed by atoms with E-state index in [1.807, 2.05) is 61.5 Å². The molecule has 30 heavy (non-hydrogen) atoms. The van der Waals surface area contributed by atoms with Gasteiger partial charge in [-0.15, -0.1) is 0 Å². The number of carbonyl (C=O) groups is 2. The molecular weight excluding hydrogens is 382 g/mol. The molecule has 1 amide bonds. The summed E-state index contributed by atoms with van der Waals surface area (Å²) in [4.78, 5) is 25.2. The normalized spacial score (nSPS) is 18.6. The number of para-hydroxylation sites is 1. The van der Waals surface area contributed by atoms with Gasteiger partial charge in [-0.2, -0.15) is 0 Å². The summed E-state index contributed by atoms with van der Waals surface area (Å²) >= 11 is 0. The molecule has 2 unspecified atom stereocenters. The summed E-state index contributed by atoms with van der Waals surface area (Å²) < 4.78 is 11.0. The molecule has 0 aliphatic heterocycles. The van der Waals surface area contributed by atoms with Gasteiger partial charge in [-0.3, -0.25) is 0 Å². The Morgan fingerprint density at radius 3 is 2.27 bits per heavy atom. The first-order valence-corrected chi connectivity index (χ1v) is 10.4. The first kappa shape index (κ1) is 21.8. The van der Waals surface area contributed by atoms with Crippen LogP contribution in [0.5, 0.6) is 0 Å². The third kappa shape index (κ3) is 6.32. The topological polar surface area (TPSA) is 76.1 Å². The number of carboxylic acid groups (broad SMARTS) is 1. The highest BCUT2D eigenvalue weighted by molar-refractivity contribution is 5.95. The Hall–Kier alpha value is -2.86. The highest BCUT2D eigenvalue weighted by atomic mass is 16.6. The zero-order valence-electron chi connectivity index (χ0n) is 17.3. The number of hydrogen-bond donors (Lipinski definition) is 1. The lowest BCUT2D eigenvalue weighted by atomic mass is 9.82. The number of carboxylic acids is 1. The van der Waals surface area contributed by atoms with Crippen molar-refractivity contribution in [2.75, 3.05) is 24.7 Å². The van der Waals surface area contributed by atoms with Crippen molar-refractivity contribution in [3.05, 3.63) is 60.2 Å². The van der Waals surface area contributed by atoms with Crippen molar-refractivity contribution in [2.24, 2.45) is 11.8 Å². The number of carbonyl (C=O) groups excluding carboxylic acids is 1. The minimum absolute atomic E-state index is 0.261. The van der Waals surface area contributed by atoms with Crippen LogP contribution in [-0.4, -0.2) is 37.0 Å². The van der Waals surface area contributed by atoms with Gasteiger partial charge in [-0.1, -0.05) is 42.3 Å². The molecule has 0 radical (unpaired) electrons. The van der Waals surface area contributed by atoms with E-state index in [-0.39, 0.29) is 12.5 Å². The van der Waals surface area contributed by atoms with Crippen LogP contribution in [0.15, 0.2) is 54.6 Å². The van der Waals surface area contributed by atoms with Crippen LogP contribution in [0, 0.1) is 18.8 Å². The molecule has 0 aromatic heterocycles. The predicted molar refractivity (Wildman–Crippen MR) is 115 cm³/mol. The summed E-state index contributed by atoms with van der Waals surface area (Å²) in [6.45, 7) is 2.53. The second-order valence-electron chi connectivity index (χ2n) is 7.89. The van der Waals surface area contributed by atoms with Gasteiger partial charge in [0.2, 0.25) is 0 Å². The molecule has 2 atom stereocenters. The fourth-order valence-corrected chi connectivity index (χ4v) is 3.90. The Labute approximate surface area is 177 Å². The molecule has 1 aliphatic carbocycles. The zero-order valence-corrected chi connectivity index (χ0v) is 17.3. The summed E-state index contributed by atoms with van der Waals surface area (Å²) in [6, 6.07) is 17.3. The van der Waals surface area contributed by atoms with Crippen LogP contribution in [0.3, 0.4) is 0 Å². The van der Waals surface area contributed by atoms with Gasteiger partial charge in [0, 0.05) is 0 Å². The van der Waals surface area contributed by atoms with Gasteiger partial charge in [-0.05, 0) is 62.3 Å². The Balaban J connectivity index is 1.60. The predicted octanol–water partition coefficient (Wildman–Crippen LogP) is 5.18. The molecule has 2 aromatic carbocycles. The van der Waals surface area contributed by atoms with Crippen molar-refractivity contribution in [3.8, 4) is 0 Å². The number of aryl methyl sites for hydroxylation is 1. The number of aliphatic carboxylic acids is 1. The minimum atomic E-state index is -0.951. The summed E-state index contributed by atoms with van der Waals surface area (Å²) in [5.74, 6) is -0.380. The molecule has 3 rings (SSSR count). The number of anilines is 2. The smallest absolute Gasteiger partial charge is 0.418 e. The molecule has 2 aromatic rings. The molecule has 1 aliphatic rings. The van der Waals surface area contributed by atoms with E-state index in [1.54, 1.807) is 4.90 Å². The van der Waals surface area contributed by atoms with Crippen molar-refractivity contribution in [2.45, 2.75) is 32.6 Å². The standard InChI is InChI=1S/C24H29NO5/c1-18-10-12-22(13-11-18)25(21-8-3-2-4-9-21)24(28)30-16-20-7-5-6-19(14-20)15-29-17-23(26)27/h2-4,8-13,19-20H,5-7,14-17H2,1H3,(H,26,27). The van der Waals surface area contributed by atoms with E-state index >= 15 is 0 Å². The van der Waals surface area contributed by atoms with Gasteiger partial charge in [0.25, 0.3) is 0 Å². The summed E-state index contributed by atoms with van der Waals surface area (Å²) in [6.07, 6.45) is 3.53. The molecule has 6 heteroatoms. The third-order valence-electron chi connectivity index (χ3n) is 5.40. The summed E-state index contributed by atoms with van der Waals surface area (Å²) in [5.41, 5.74) is 2.65. The maximum atomic E-state index is 13.0. The fourth-order valence-electron chi connectivity index (χ4n) is 3.90. The molecule has 6 nitrogen and oxygen atoms in total. The van der Waals surface area contributed by atoms with Crippen molar-refractivity contribution >= 4 is 23.4 Å². The summed E-state index contributed by atoms with van der Waals surface area (Å²) in [5, 5.41) is 8.71. The first-order valence-electron chi connectivity index (χ1n) is 10.4. The molecule has 1 saturated carbocycles. The van der Waals surface area contributed by atoms with Gasteiger partial charge in [0.1, 0.15) is 6.61 Å². The average Bonchev–Trinajstić information content (AvgIpc) is 2.75. The lowest BCUT2D eigenvalue weighted by molar-refractivity contribution is -0.142. The monoisotopic (exact) mass is 411 g/mol. The molecule has 160 valence electrons. The lowest BCUT2D eigenvalue weighted by Gasteiger charge is -2.29. The van der Waals surface area contributed by atoms with Gasteiger partial charge in [0.05, 0.1) is 24.6 Å². The van der Waals surface area contributed by atoms with Gasteiger partial charge in [-0.25, -0.2) is 14.5 Å². The number of hydrogen-bond acceptors (Lipinski definition) is 4. The number of rotatable bonds is 8. The maximum Gasteiger partial charge on any atom is 0.418 e. The number of benzene rings is 2. The van der Waals surface area contributed by atoms with E-state index in [2.05, 4.69) is 0 Å². The van der Waals surface area contributed by atoms with Crippen LogP contribution < -0.4 is 4.90 Å². The van der Waals surface area contributed by atoms with Crippen LogP contribution in [0.1, 0.15) is 31.2 Å². The number of nitrogens with zero attached hydrogens (tertiary/aromatic N) is 1. The highest BCUT2D eigenvalue weighted by Crippen LogP contribution is 2.31. The third-order valence-corrected chi connectivity index (χ3v) is 5.40. The average molecular weight is 411 g/mol. The van der Waals surface area contributed by atoms with Gasteiger partial charge >= 0.3 is 12.1 Å². The number of ether oxygens (including phenoxy) is 2. The van der Waals surface area contributed by atoms with Crippen LogP contribution in [0.4, 0.5) is 16.2 Å². The van der Waals surface area contributed by atoms with Crippen molar-refractivity contribution in [1.82, 2.24) is 0 Å². The van der Waals surface area contributed by atoms with Crippen LogP contribution in [-0.2, 0) is 14.3 Å². The second-order valence-corrected chi connectivity index (χ2v) is 7.89. The number of amides is 1.